The summed E-state index contributed by atoms with van der Waals surface area (Å²) < 4.78 is 22.2. The molecule has 0 radical (unpaired) electrons. The summed E-state index contributed by atoms with van der Waals surface area (Å²) in [6.07, 6.45) is 4.44. The molecule has 1 aliphatic carbocycles. The van der Waals surface area contributed by atoms with Crippen LogP contribution in [0.25, 0.3) is 0 Å². The van der Waals surface area contributed by atoms with Crippen LogP contribution in [0.15, 0.2) is 4.99 Å². The number of rotatable bonds is 7. The highest BCUT2D eigenvalue weighted by Gasteiger charge is 2.20. The molecule has 2 N–H and O–H groups in total. The highest BCUT2D eigenvalue weighted by molar-refractivity contribution is 14.0. The monoisotopic (exact) mass is 403 g/mol. The lowest BCUT2D eigenvalue weighted by molar-refractivity contribution is 0.581. The van der Waals surface area contributed by atoms with E-state index in [-0.39, 0.29) is 35.8 Å². The number of guanidine groups is 1. The van der Waals surface area contributed by atoms with Gasteiger partial charge in [0.25, 0.3) is 0 Å². The van der Waals surface area contributed by atoms with E-state index in [2.05, 4.69) is 15.6 Å². The highest BCUT2D eigenvalue weighted by Crippen LogP contribution is 2.28. The predicted octanol–water partition coefficient (Wildman–Crippen LogP) is 1.39. The van der Waals surface area contributed by atoms with Crippen LogP contribution in [-0.4, -0.2) is 45.5 Å². The number of hydrogen-bond acceptors (Lipinski definition) is 3. The Balaban J connectivity index is 0.00000324. The fourth-order valence-corrected chi connectivity index (χ4v) is 2.32. The molecule has 0 aromatic heterocycles. The lowest BCUT2D eigenvalue weighted by atomic mass is 10.3. The van der Waals surface area contributed by atoms with Gasteiger partial charge in [-0.15, -0.1) is 24.0 Å². The van der Waals surface area contributed by atoms with Crippen LogP contribution in [-0.2, 0) is 9.84 Å². The van der Waals surface area contributed by atoms with E-state index in [0.29, 0.717) is 6.42 Å². The minimum Gasteiger partial charge on any atom is -0.357 e. The van der Waals surface area contributed by atoms with Crippen LogP contribution in [0.1, 0.15) is 33.1 Å². The molecule has 1 unspecified atom stereocenters. The maximum Gasteiger partial charge on any atom is 0.191 e. The van der Waals surface area contributed by atoms with Crippen molar-refractivity contribution in [1.82, 2.24) is 10.6 Å². The number of halogens is 1. The summed E-state index contributed by atoms with van der Waals surface area (Å²) in [5.74, 6) is 1.76. The molecule has 19 heavy (non-hydrogen) atoms. The topological polar surface area (TPSA) is 70.6 Å². The Morgan fingerprint density at radius 2 is 2.05 bits per heavy atom. The van der Waals surface area contributed by atoms with Crippen LogP contribution < -0.4 is 10.6 Å². The van der Waals surface area contributed by atoms with E-state index in [1.807, 2.05) is 13.8 Å². The number of nitrogens with one attached hydrogen (secondary N) is 2. The molecule has 0 spiro atoms. The highest BCUT2D eigenvalue weighted by atomic mass is 127. The first kappa shape index (κ1) is 18.9. The Morgan fingerprint density at radius 1 is 1.42 bits per heavy atom. The summed E-state index contributed by atoms with van der Waals surface area (Å²) in [6.45, 7) is 5.69. The zero-order valence-corrected chi connectivity index (χ0v) is 15.1. The van der Waals surface area contributed by atoms with E-state index in [1.54, 1.807) is 0 Å². The molecule has 114 valence electrons. The molecule has 0 amide bonds. The van der Waals surface area contributed by atoms with Gasteiger partial charge in [0.05, 0.1) is 5.75 Å². The molecule has 7 heteroatoms. The maximum absolute atomic E-state index is 11.1. The third kappa shape index (κ3) is 10.4. The van der Waals surface area contributed by atoms with Gasteiger partial charge in [0.15, 0.2) is 5.96 Å². The van der Waals surface area contributed by atoms with Crippen molar-refractivity contribution in [2.75, 3.05) is 25.1 Å². The number of sulfone groups is 1. The average Bonchev–Trinajstić information content (AvgIpc) is 3.06. The van der Waals surface area contributed by atoms with E-state index < -0.39 is 9.84 Å². The van der Waals surface area contributed by atoms with Crippen LogP contribution >= 0.6 is 24.0 Å². The van der Waals surface area contributed by atoms with Crippen LogP contribution in [0.2, 0.25) is 0 Å². The second kappa shape index (κ2) is 8.99. The van der Waals surface area contributed by atoms with E-state index in [0.717, 1.165) is 25.0 Å². The zero-order valence-electron chi connectivity index (χ0n) is 12.0. The van der Waals surface area contributed by atoms with Gasteiger partial charge in [-0.05, 0) is 39.0 Å². The van der Waals surface area contributed by atoms with Crippen LogP contribution in [0, 0.1) is 5.92 Å². The first-order chi connectivity index (χ1) is 8.40. The Kier molecular flexibility index (Phi) is 8.97. The SMILES string of the molecule is CCNC(=NCC1CC1)NC(C)CCS(C)(=O)=O.I. The summed E-state index contributed by atoms with van der Waals surface area (Å²) in [5, 5.41) is 6.43. The van der Waals surface area contributed by atoms with Crippen LogP contribution in [0.5, 0.6) is 0 Å². The van der Waals surface area contributed by atoms with Gasteiger partial charge in [0.2, 0.25) is 0 Å². The summed E-state index contributed by atoms with van der Waals surface area (Å²) in [5.41, 5.74) is 0. The second-order valence-corrected chi connectivity index (χ2v) is 7.39. The Hall–Kier alpha value is -0.0500. The van der Waals surface area contributed by atoms with Gasteiger partial charge in [0, 0.05) is 25.4 Å². The fraction of sp³-hybridized carbons (Fsp3) is 0.917. The van der Waals surface area contributed by atoms with Gasteiger partial charge in [-0.2, -0.15) is 0 Å². The Morgan fingerprint density at radius 3 is 2.53 bits per heavy atom. The minimum atomic E-state index is -2.88. The minimum absolute atomic E-state index is 0. The molecule has 0 bridgehead atoms. The largest absolute Gasteiger partial charge is 0.357 e. The average molecular weight is 403 g/mol. The van der Waals surface area contributed by atoms with Gasteiger partial charge in [-0.1, -0.05) is 0 Å². The molecule has 1 atom stereocenters. The van der Waals surface area contributed by atoms with E-state index in [9.17, 15) is 8.42 Å². The molecule has 1 aliphatic rings. The summed E-state index contributed by atoms with van der Waals surface area (Å²) in [7, 11) is -2.88. The quantitative estimate of drug-likeness (QED) is 0.383. The zero-order chi connectivity index (χ0) is 13.6. The molecular formula is C12H26IN3O2S. The molecule has 1 fully saturated rings. The summed E-state index contributed by atoms with van der Waals surface area (Å²) in [6, 6.07) is 0.108. The van der Waals surface area contributed by atoms with E-state index >= 15 is 0 Å². The van der Waals surface area contributed by atoms with Gasteiger partial charge in [-0.3, -0.25) is 4.99 Å². The van der Waals surface area contributed by atoms with Crippen molar-refractivity contribution in [3.8, 4) is 0 Å². The van der Waals surface area contributed by atoms with Gasteiger partial charge in [0.1, 0.15) is 9.84 Å². The van der Waals surface area contributed by atoms with Crippen molar-refractivity contribution in [3.63, 3.8) is 0 Å². The van der Waals surface area contributed by atoms with E-state index in [4.69, 9.17) is 0 Å². The standard InChI is InChI=1S/C12H25N3O2S.HI/c1-4-13-12(14-9-11-5-6-11)15-10(2)7-8-18(3,16)17;/h10-11H,4-9H2,1-3H3,(H2,13,14,15);1H. The van der Waals surface area contributed by atoms with E-state index in [1.165, 1.54) is 19.1 Å². The number of aliphatic imine (C=N–C) groups is 1. The smallest absolute Gasteiger partial charge is 0.191 e. The van der Waals surface area contributed by atoms with Crippen molar-refractivity contribution >= 4 is 39.8 Å². The third-order valence-electron chi connectivity index (χ3n) is 2.85. The maximum atomic E-state index is 11.1. The molecular weight excluding hydrogens is 377 g/mol. The van der Waals surface area contributed by atoms with Gasteiger partial charge in [-0.25, -0.2) is 8.42 Å². The molecule has 0 aromatic rings. The predicted molar refractivity (Wildman–Crippen MR) is 91.0 cm³/mol. The number of hydrogen-bond donors (Lipinski definition) is 2. The Bertz CT molecular complexity index is 380. The fourth-order valence-electron chi connectivity index (χ4n) is 1.54. The summed E-state index contributed by atoms with van der Waals surface area (Å²) in [4.78, 5) is 4.50. The third-order valence-corrected chi connectivity index (χ3v) is 3.83. The van der Waals surface area contributed by atoms with Crippen LogP contribution in [0.4, 0.5) is 0 Å². The first-order valence-corrected chi connectivity index (χ1v) is 8.69. The lowest BCUT2D eigenvalue weighted by Gasteiger charge is -2.17. The number of nitrogens with zero attached hydrogens (tertiary/aromatic N) is 1. The van der Waals surface area contributed by atoms with Gasteiger partial charge < -0.3 is 10.6 Å². The molecule has 0 saturated heterocycles. The first-order valence-electron chi connectivity index (χ1n) is 6.63. The summed E-state index contributed by atoms with van der Waals surface area (Å²) >= 11 is 0. The van der Waals surface area contributed by atoms with Crippen molar-refractivity contribution < 1.29 is 8.42 Å². The van der Waals surface area contributed by atoms with Crippen molar-refractivity contribution in [2.45, 2.75) is 39.2 Å². The molecule has 1 saturated carbocycles. The molecule has 1 rings (SSSR count). The molecule has 0 aliphatic heterocycles. The second-order valence-electron chi connectivity index (χ2n) is 5.13. The van der Waals surface area contributed by atoms with Crippen molar-refractivity contribution in [2.24, 2.45) is 10.9 Å². The van der Waals surface area contributed by atoms with Gasteiger partial charge >= 0.3 is 0 Å². The van der Waals surface area contributed by atoms with Crippen molar-refractivity contribution in [3.05, 3.63) is 0 Å². The molecule has 5 nitrogen and oxygen atoms in total. The normalized spacial score (nSPS) is 17.5. The molecule has 0 aromatic carbocycles. The molecule has 0 heterocycles. The van der Waals surface area contributed by atoms with Crippen molar-refractivity contribution in [1.29, 1.82) is 0 Å². The lowest BCUT2D eigenvalue weighted by Crippen LogP contribution is -2.43. The Labute approximate surface area is 134 Å². The van der Waals surface area contributed by atoms with Crippen LogP contribution in [0.3, 0.4) is 0 Å².